The predicted molar refractivity (Wildman–Crippen MR) is 116 cm³/mol. The van der Waals surface area contributed by atoms with Gasteiger partial charge in [-0.05, 0) is 42.8 Å². The molecule has 160 valence electrons. The van der Waals surface area contributed by atoms with Crippen LogP contribution < -0.4 is 11.4 Å². The molecule has 0 bridgehead atoms. The summed E-state index contributed by atoms with van der Waals surface area (Å²) in [7, 11) is 3.40. The van der Waals surface area contributed by atoms with Crippen LogP contribution in [0.5, 0.6) is 0 Å². The van der Waals surface area contributed by atoms with Crippen molar-refractivity contribution in [1.29, 1.82) is 0 Å². The van der Waals surface area contributed by atoms with Crippen molar-refractivity contribution < 1.29 is 9.59 Å². The smallest absolute Gasteiger partial charge is 0.323 e. The maximum atomic E-state index is 12.7. The van der Waals surface area contributed by atoms with Crippen LogP contribution in [0.4, 0.5) is 0 Å². The van der Waals surface area contributed by atoms with E-state index in [0.717, 1.165) is 0 Å². The van der Waals surface area contributed by atoms with Gasteiger partial charge in [-0.15, -0.1) is 0 Å². The number of fused-ring (bicyclic) bond motifs is 2. The molecule has 4 rings (SSSR count). The van der Waals surface area contributed by atoms with Gasteiger partial charge < -0.3 is 29.7 Å². The van der Waals surface area contributed by atoms with Crippen LogP contribution in [-0.2, 0) is 0 Å². The molecule has 0 aliphatic carbocycles. The highest BCUT2D eigenvalue weighted by Crippen LogP contribution is 2.14. The summed E-state index contributed by atoms with van der Waals surface area (Å²) in [5.74, 6) is -0.334. The average Bonchev–Trinajstić information content (AvgIpc) is 3.31. The summed E-state index contributed by atoms with van der Waals surface area (Å²) in [5.41, 5.74) is 2.76. The van der Waals surface area contributed by atoms with E-state index in [1.165, 1.54) is 0 Å². The molecular formula is C21H22N6O4. The maximum Gasteiger partial charge on any atom is 0.323 e. The first kappa shape index (κ1) is 20.2. The number of aromatic nitrogens is 4. The Bertz CT molecular complexity index is 1290. The van der Waals surface area contributed by atoms with Crippen LogP contribution >= 0.6 is 0 Å². The molecule has 0 unspecified atom stereocenters. The van der Waals surface area contributed by atoms with Gasteiger partial charge in [0.1, 0.15) is 0 Å². The molecule has 0 saturated carbocycles. The Labute approximate surface area is 175 Å². The zero-order chi connectivity index (χ0) is 22.1. The summed E-state index contributed by atoms with van der Waals surface area (Å²) in [6.45, 7) is 0.921. The first-order valence-corrected chi connectivity index (χ1v) is 9.77. The monoisotopic (exact) mass is 422 g/mol. The molecule has 0 aliphatic heterocycles. The highest BCUT2D eigenvalue weighted by atomic mass is 16.2. The van der Waals surface area contributed by atoms with Crippen LogP contribution in [0.2, 0.25) is 0 Å². The minimum Gasteiger partial charge on any atom is -0.342 e. The largest absolute Gasteiger partial charge is 0.342 e. The molecule has 2 amide bonds. The summed E-state index contributed by atoms with van der Waals surface area (Å²) >= 11 is 0. The zero-order valence-corrected chi connectivity index (χ0v) is 17.1. The van der Waals surface area contributed by atoms with Crippen molar-refractivity contribution in [3.63, 3.8) is 0 Å². The zero-order valence-electron chi connectivity index (χ0n) is 17.1. The number of amides is 2. The molecule has 2 heterocycles. The van der Waals surface area contributed by atoms with Gasteiger partial charge in [-0.25, -0.2) is 9.59 Å². The van der Waals surface area contributed by atoms with E-state index in [9.17, 15) is 19.2 Å². The van der Waals surface area contributed by atoms with E-state index in [1.807, 2.05) is 0 Å². The van der Waals surface area contributed by atoms with Gasteiger partial charge in [-0.1, -0.05) is 0 Å². The van der Waals surface area contributed by atoms with E-state index in [1.54, 1.807) is 60.3 Å². The predicted octanol–water partition coefficient (Wildman–Crippen LogP) is 1.26. The fraction of sp³-hybridized carbons (Fsp3) is 0.238. The molecule has 0 atom stereocenters. The molecule has 4 aromatic rings. The van der Waals surface area contributed by atoms with E-state index in [4.69, 9.17) is 0 Å². The number of rotatable bonds is 6. The van der Waals surface area contributed by atoms with E-state index in [2.05, 4.69) is 19.9 Å². The van der Waals surface area contributed by atoms with Gasteiger partial charge in [0.05, 0.1) is 22.1 Å². The van der Waals surface area contributed by atoms with Crippen LogP contribution in [0.1, 0.15) is 27.1 Å². The Morgan fingerprint density at radius 3 is 1.48 bits per heavy atom. The summed E-state index contributed by atoms with van der Waals surface area (Å²) in [4.78, 5) is 61.8. The van der Waals surface area contributed by atoms with E-state index in [-0.39, 0.29) is 23.2 Å². The second kappa shape index (κ2) is 7.98. The highest BCUT2D eigenvalue weighted by Gasteiger charge is 2.15. The van der Waals surface area contributed by atoms with Gasteiger partial charge in [-0.2, -0.15) is 0 Å². The molecule has 10 nitrogen and oxygen atoms in total. The number of hydrogen-bond acceptors (Lipinski definition) is 4. The third-order valence-electron chi connectivity index (χ3n) is 5.21. The molecule has 4 N–H and O–H groups in total. The Morgan fingerprint density at radius 2 is 1.06 bits per heavy atom. The molecule has 2 aromatic heterocycles. The minimum absolute atomic E-state index is 0.167. The Kier molecular flexibility index (Phi) is 5.20. The number of carbonyl (C=O) groups excluding carboxylic acids is 2. The minimum atomic E-state index is -0.317. The number of nitrogens with one attached hydrogen (secondary N) is 4. The highest BCUT2D eigenvalue weighted by molar-refractivity contribution is 5.98. The van der Waals surface area contributed by atoms with Gasteiger partial charge in [0.25, 0.3) is 11.8 Å². The van der Waals surface area contributed by atoms with Gasteiger partial charge in [0, 0.05) is 38.3 Å². The lowest BCUT2D eigenvalue weighted by molar-refractivity contribution is 0.0764. The molecule has 0 radical (unpaired) electrons. The van der Waals surface area contributed by atoms with E-state index >= 15 is 0 Å². The third kappa shape index (κ3) is 4.13. The lowest BCUT2D eigenvalue weighted by atomic mass is 10.1. The molecule has 2 aromatic carbocycles. The summed E-state index contributed by atoms with van der Waals surface area (Å²) < 4.78 is 0. The lowest BCUT2D eigenvalue weighted by Crippen LogP contribution is -2.32. The molecule has 10 heteroatoms. The third-order valence-corrected chi connectivity index (χ3v) is 5.21. The van der Waals surface area contributed by atoms with Crippen molar-refractivity contribution in [3.8, 4) is 0 Å². The lowest BCUT2D eigenvalue weighted by Gasteiger charge is -2.21. The second-order valence-electron chi connectivity index (χ2n) is 7.49. The Balaban J connectivity index is 1.34. The summed E-state index contributed by atoms with van der Waals surface area (Å²) in [6, 6.07) is 10.0. The molecule has 31 heavy (non-hydrogen) atoms. The molecule has 0 spiro atoms. The van der Waals surface area contributed by atoms with Gasteiger partial charge in [0.15, 0.2) is 0 Å². The van der Waals surface area contributed by atoms with E-state index < -0.39 is 0 Å². The van der Waals surface area contributed by atoms with E-state index in [0.29, 0.717) is 52.7 Å². The fourth-order valence-electron chi connectivity index (χ4n) is 3.52. The van der Waals surface area contributed by atoms with Crippen molar-refractivity contribution >= 4 is 33.9 Å². The first-order chi connectivity index (χ1) is 14.8. The number of nitrogens with zero attached hydrogens (tertiary/aromatic N) is 2. The van der Waals surface area contributed by atoms with Crippen LogP contribution in [0, 0.1) is 0 Å². The maximum absolute atomic E-state index is 12.7. The first-order valence-electron chi connectivity index (χ1n) is 9.77. The average molecular weight is 422 g/mol. The molecule has 0 fully saturated rings. The number of carbonyl (C=O) groups is 2. The number of hydrogen-bond donors (Lipinski definition) is 4. The fourth-order valence-corrected chi connectivity index (χ4v) is 3.52. The normalized spacial score (nSPS) is 11.2. The quantitative estimate of drug-likeness (QED) is 0.372. The van der Waals surface area contributed by atoms with Crippen LogP contribution in [0.3, 0.4) is 0 Å². The van der Waals surface area contributed by atoms with Crippen LogP contribution in [-0.4, -0.2) is 68.7 Å². The molecule has 0 saturated heterocycles. The molecule has 0 aliphatic rings. The SMILES string of the molecule is CN(CCCN(C)C(=O)c1ccc2[nH]c(=O)[nH]c2c1)C(=O)c1ccc2[nH]c(=O)[nH]c2c1. The number of imidazole rings is 2. The Morgan fingerprint density at radius 1 is 0.677 bits per heavy atom. The standard InChI is InChI=1S/C21H22N6O4/c1-26(18(28)12-4-6-14-16(10-12)24-20(30)22-14)8-3-9-27(2)19(29)13-5-7-15-17(11-13)25-21(31)23-15/h4-7,10-11H,3,8-9H2,1-2H3,(H2,22,24,30)(H2,23,25,31). The molecular weight excluding hydrogens is 400 g/mol. The second-order valence-corrected chi connectivity index (χ2v) is 7.49. The van der Waals surface area contributed by atoms with Crippen molar-refractivity contribution in [2.45, 2.75) is 6.42 Å². The van der Waals surface area contributed by atoms with Crippen molar-refractivity contribution in [2.75, 3.05) is 27.2 Å². The number of benzene rings is 2. The Hall–Kier alpha value is -4.08. The van der Waals surface area contributed by atoms with Gasteiger partial charge >= 0.3 is 11.4 Å². The van der Waals surface area contributed by atoms with Crippen LogP contribution in [0.15, 0.2) is 46.0 Å². The van der Waals surface area contributed by atoms with Gasteiger partial charge in [-0.3, -0.25) is 9.59 Å². The van der Waals surface area contributed by atoms with Crippen molar-refractivity contribution in [2.24, 2.45) is 0 Å². The van der Waals surface area contributed by atoms with Gasteiger partial charge in [0.2, 0.25) is 0 Å². The topological polar surface area (TPSA) is 138 Å². The van der Waals surface area contributed by atoms with Crippen LogP contribution in [0.25, 0.3) is 22.1 Å². The van der Waals surface area contributed by atoms with Crippen molar-refractivity contribution in [1.82, 2.24) is 29.7 Å². The number of H-pyrrole nitrogens is 4. The van der Waals surface area contributed by atoms with Crippen molar-refractivity contribution in [3.05, 3.63) is 68.5 Å². The summed E-state index contributed by atoms with van der Waals surface area (Å²) in [6.07, 6.45) is 0.594. The summed E-state index contributed by atoms with van der Waals surface area (Å²) in [5, 5.41) is 0. The number of aromatic amines is 4.